The molecular formula is C15H16N6O3S2. The Morgan fingerprint density at radius 1 is 1.38 bits per heavy atom. The van der Waals surface area contributed by atoms with Crippen molar-refractivity contribution in [3.8, 4) is 0 Å². The van der Waals surface area contributed by atoms with Gasteiger partial charge < -0.3 is 19.6 Å². The topological polar surface area (TPSA) is 115 Å². The molecule has 9 nitrogen and oxygen atoms in total. The van der Waals surface area contributed by atoms with Crippen LogP contribution in [-0.4, -0.2) is 37.3 Å². The SMILES string of the molecule is CCn1c(CNC(=O)c2ccco2)nnc1SCC(=O)Nc1nccs1. The number of anilines is 1. The molecule has 0 aliphatic rings. The number of rotatable bonds is 8. The van der Waals surface area contributed by atoms with Gasteiger partial charge in [-0.25, -0.2) is 4.98 Å². The molecule has 0 saturated carbocycles. The van der Waals surface area contributed by atoms with E-state index in [9.17, 15) is 9.59 Å². The number of nitrogens with one attached hydrogen (secondary N) is 2. The fourth-order valence-corrected chi connectivity index (χ4v) is 3.47. The van der Waals surface area contributed by atoms with Crippen LogP contribution in [0.25, 0.3) is 0 Å². The molecule has 2 amide bonds. The average molecular weight is 392 g/mol. The Hall–Kier alpha value is -2.66. The normalized spacial score (nSPS) is 10.7. The molecule has 0 radical (unpaired) electrons. The van der Waals surface area contributed by atoms with E-state index in [4.69, 9.17) is 4.42 Å². The van der Waals surface area contributed by atoms with Gasteiger partial charge in [-0.15, -0.1) is 21.5 Å². The maximum absolute atomic E-state index is 11.9. The molecular weight excluding hydrogens is 376 g/mol. The number of furan rings is 1. The van der Waals surface area contributed by atoms with E-state index in [1.54, 1.807) is 23.7 Å². The smallest absolute Gasteiger partial charge is 0.287 e. The predicted octanol–water partition coefficient (Wildman–Crippen LogP) is 2.01. The molecule has 0 fully saturated rings. The van der Waals surface area contributed by atoms with Gasteiger partial charge in [0.25, 0.3) is 5.91 Å². The molecule has 0 aliphatic heterocycles. The summed E-state index contributed by atoms with van der Waals surface area (Å²) in [6.45, 7) is 2.78. The maximum atomic E-state index is 11.9. The van der Waals surface area contributed by atoms with Gasteiger partial charge in [-0.2, -0.15) is 0 Å². The average Bonchev–Trinajstić information content (AvgIpc) is 3.38. The van der Waals surface area contributed by atoms with Gasteiger partial charge in [0.2, 0.25) is 5.91 Å². The Labute approximate surface area is 157 Å². The zero-order valence-corrected chi connectivity index (χ0v) is 15.5. The van der Waals surface area contributed by atoms with Gasteiger partial charge in [-0.3, -0.25) is 9.59 Å². The van der Waals surface area contributed by atoms with Gasteiger partial charge in [0.15, 0.2) is 21.9 Å². The van der Waals surface area contributed by atoms with Crippen LogP contribution in [0, 0.1) is 0 Å². The van der Waals surface area contributed by atoms with Gasteiger partial charge in [-0.05, 0) is 19.1 Å². The minimum Gasteiger partial charge on any atom is -0.459 e. The summed E-state index contributed by atoms with van der Waals surface area (Å²) in [5, 5.41) is 16.6. The minimum atomic E-state index is -0.322. The molecule has 0 aromatic carbocycles. The monoisotopic (exact) mass is 392 g/mol. The predicted molar refractivity (Wildman–Crippen MR) is 97.0 cm³/mol. The number of carbonyl (C=O) groups excluding carboxylic acids is 2. The fourth-order valence-electron chi connectivity index (χ4n) is 2.10. The van der Waals surface area contributed by atoms with Crippen molar-refractivity contribution in [2.75, 3.05) is 11.1 Å². The molecule has 0 atom stereocenters. The highest BCUT2D eigenvalue weighted by Crippen LogP contribution is 2.18. The van der Waals surface area contributed by atoms with E-state index < -0.39 is 0 Å². The van der Waals surface area contributed by atoms with Crippen molar-refractivity contribution < 1.29 is 14.0 Å². The number of amides is 2. The summed E-state index contributed by atoms with van der Waals surface area (Å²) in [7, 11) is 0. The molecule has 2 N–H and O–H groups in total. The maximum Gasteiger partial charge on any atom is 0.287 e. The molecule has 0 aliphatic carbocycles. The van der Waals surface area contributed by atoms with E-state index >= 15 is 0 Å². The first kappa shape index (κ1) is 18.1. The second-order valence-corrected chi connectivity index (χ2v) is 6.81. The van der Waals surface area contributed by atoms with Crippen molar-refractivity contribution >= 4 is 40.0 Å². The third-order valence-electron chi connectivity index (χ3n) is 3.27. The summed E-state index contributed by atoms with van der Waals surface area (Å²) in [4.78, 5) is 27.9. The van der Waals surface area contributed by atoms with E-state index in [1.165, 1.54) is 29.4 Å². The molecule has 3 aromatic rings. The van der Waals surface area contributed by atoms with Crippen molar-refractivity contribution in [2.24, 2.45) is 0 Å². The lowest BCUT2D eigenvalue weighted by Crippen LogP contribution is -2.24. The van der Waals surface area contributed by atoms with Gasteiger partial charge in [0.05, 0.1) is 18.6 Å². The second-order valence-electron chi connectivity index (χ2n) is 4.98. The molecule has 136 valence electrons. The summed E-state index contributed by atoms with van der Waals surface area (Å²) in [5.74, 6) is 0.549. The van der Waals surface area contributed by atoms with Crippen LogP contribution in [0.4, 0.5) is 5.13 Å². The van der Waals surface area contributed by atoms with E-state index in [-0.39, 0.29) is 29.9 Å². The van der Waals surface area contributed by atoms with Crippen LogP contribution in [0.2, 0.25) is 0 Å². The summed E-state index contributed by atoms with van der Waals surface area (Å²) >= 11 is 2.64. The third kappa shape index (κ3) is 4.49. The summed E-state index contributed by atoms with van der Waals surface area (Å²) in [5.41, 5.74) is 0. The first-order valence-electron chi connectivity index (χ1n) is 7.73. The van der Waals surface area contributed by atoms with Crippen molar-refractivity contribution in [1.82, 2.24) is 25.1 Å². The van der Waals surface area contributed by atoms with E-state index in [0.29, 0.717) is 22.7 Å². The van der Waals surface area contributed by atoms with Gasteiger partial charge in [-0.1, -0.05) is 11.8 Å². The summed E-state index contributed by atoms with van der Waals surface area (Å²) in [6, 6.07) is 3.23. The number of thiazole rings is 1. The van der Waals surface area contributed by atoms with Crippen LogP contribution < -0.4 is 10.6 Å². The summed E-state index contributed by atoms with van der Waals surface area (Å²) in [6.07, 6.45) is 3.07. The molecule has 11 heteroatoms. The highest BCUT2D eigenvalue weighted by molar-refractivity contribution is 7.99. The van der Waals surface area contributed by atoms with Gasteiger partial charge in [0.1, 0.15) is 0 Å². The quantitative estimate of drug-likeness (QED) is 0.564. The highest BCUT2D eigenvalue weighted by Gasteiger charge is 2.15. The lowest BCUT2D eigenvalue weighted by Gasteiger charge is -2.07. The number of hydrogen-bond acceptors (Lipinski definition) is 8. The molecule has 3 rings (SSSR count). The van der Waals surface area contributed by atoms with Gasteiger partial charge >= 0.3 is 0 Å². The van der Waals surface area contributed by atoms with E-state index in [2.05, 4.69) is 25.8 Å². The zero-order valence-electron chi connectivity index (χ0n) is 13.8. The van der Waals surface area contributed by atoms with Crippen LogP contribution in [0.15, 0.2) is 39.5 Å². The van der Waals surface area contributed by atoms with Crippen LogP contribution >= 0.6 is 23.1 Å². The number of aromatic nitrogens is 4. The minimum absolute atomic E-state index is 0.164. The Bertz CT molecular complexity index is 860. The zero-order chi connectivity index (χ0) is 18.4. The van der Waals surface area contributed by atoms with Crippen molar-refractivity contribution in [1.29, 1.82) is 0 Å². The van der Waals surface area contributed by atoms with E-state index in [1.807, 2.05) is 11.5 Å². The second kappa shape index (κ2) is 8.63. The van der Waals surface area contributed by atoms with E-state index in [0.717, 1.165) is 0 Å². The number of thioether (sulfide) groups is 1. The third-order valence-corrected chi connectivity index (χ3v) is 4.93. The lowest BCUT2D eigenvalue weighted by atomic mass is 10.4. The highest BCUT2D eigenvalue weighted by atomic mass is 32.2. The van der Waals surface area contributed by atoms with Gasteiger partial charge in [0, 0.05) is 18.1 Å². The molecule has 3 aromatic heterocycles. The number of nitrogens with zero attached hydrogens (tertiary/aromatic N) is 4. The molecule has 0 saturated heterocycles. The molecule has 26 heavy (non-hydrogen) atoms. The Balaban J connectivity index is 1.55. The van der Waals surface area contributed by atoms with Crippen molar-refractivity contribution in [3.63, 3.8) is 0 Å². The Kier molecular flexibility index (Phi) is 6.02. The summed E-state index contributed by atoms with van der Waals surface area (Å²) < 4.78 is 6.90. The first-order chi connectivity index (χ1) is 12.7. The molecule has 3 heterocycles. The Morgan fingerprint density at radius 3 is 2.96 bits per heavy atom. The first-order valence-corrected chi connectivity index (χ1v) is 9.59. The number of hydrogen-bond donors (Lipinski definition) is 2. The lowest BCUT2D eigenvalue weighted by molar-refractivity contribution is -0.113. The molecule has 0 unspecified atom stereocenters. The van der Waals surface area contributed by atoms with Crippen LogP contribution in [-0.2, 0) is 17.9 Å². The van der Waals surface area contributed by atoms with Crippen molar-refractivity contribution in [2.45, 2.75) is 25.2 Å². The molecule has 0 spiro atoms. The van der Waals surface area contributed by atoms with Crippen molar-refractivity contribution in [3.05, 3.63) is 41.6 Å². The van der Waals surface area contributed by atoms with Crippen LogP contribution in [0.5, 0.6) is 0 Å². The standard InChI is InChI=1S/C15H16N6O3S2/c1-2-21-11(8-17-13(23)10-4-3-6-24-10)19-20-15(21)26-9-12(22)18-14-16-5-7-25-14/h3-7H,2,8-9H2,1H3,(H,17,23)(H,16,18,22). The Morgan fingerprint density at radius 2 is 2.27 bits per heavy atom. The fraction of sp³-hybridized carbons (Fsp3) is 0.267. The largest absolute Gasteiger partial charge is 0.459 e. The van der Waals surface area contributed by atoms with Crippen LogP contribution in [0.3, 0.4) is 0 Å². The van der Waals surface area contributed by atoms with Crippen LogP contribution in [0.1, 0.15) is 23.3 Å². The molecule has 0 bridgehead atoms. The number of carbonyl (C=O) groups is 2.